The molecule has 0 saturated carbocycles. The molecule has 4 nitrogen and oxygen atoms in total. The molecule has 0 aliphatic carbocycles. The first-order valence-corrected chi connectivity index (χ1v) is 5.81. The highest BCUT2D eigenvalue weighted by molar-refractivity contribution is 4.80. The van der Waals surface area contributed by atoms with Crippen LogP contribution < -0.4 is 5.32 Å². The molecule has 1 N–H and O–H groups in total. The molecule has 0 spiro atoms. The van der Waals surface area contributed by atoms with Crippen LogP contribution in [0.5, 0.6) is 0 Å². The summed E-state index contributed by atoms with van der Waals surface area (Å²) in [6.07, 6.45) is 5.09. The molecule has 1 aliphatic rings. The predicted octanol–water partition coefficient (Wildman–Crippen LogP) is 0.567. The number of rotatable bonds is 4. The van der Waals surface area contributed by atoms with Crippen LogP contribution in [-0.4, -0.2) is 46.9 Å². The summed E-state index contributed by atoms with van der Waals surface area (Å²) in [7, 11) is 0. The third-order valence-corrected chi connectivity index (χ3v) is 3.04. The van der Waals surface area contributed by atoms with Gasteiger partial charge < -0.3 is 5.32 Å². The lowest BCUT2D eigenvalue weighted by Gasteiger charge is -2.33. The second-order valence-electron chi connectivity index (χ2n) is 4.13. The summed E-state index contributed by atoms with van der Waals surface area (Å²) in [5.41, 5.74) is 0. The van der Waals surface area contributed by atoms with Crippen molar-refractivity contribution in [1.29, 1.82) is 0 Å². The minimum Gasteiger partial charge on any atom is -0.311 e. The van der Waals surface area contributed by atoms with Crippen LogP contribution in [0.4, 0.5) is 0 Å². The van der Waals surface area contributed by atoms with Gasteiger partial charge in [0, 0.05) is 44.6 Å². The van der Waals surface area contributed by atoms with Crippen LogP contribution in [0.2, 0.25) is 0 Å². The molecule has 1 atom stereocenters. The molecule has 1 fully saturated rings. The molecular weight excluding hydrogens is 188 g/mol. The van der Waals surface area contributed by atoms with E-state index in [2.05, 4.69) is 22.2 Å². The lowest BCUT2D eigenvalue weighted by molar-refractivity contribution is 0.189. The maximum atomic E-state index is 4.21. The van der Waals surface area contributed by atoms with Crippen molar-refractivity contribution in [3.8, 4) is 0 Å². The summed E-state index contributed by atoms with van der Waals surface area (Å²) < 4.78 is 2.00. The Kier molecular flexibility index (Phi) is 3.75. The van der Waals surface area contributed by atoms with Crippen LogP contribution >= 0.6 is 0 Å². The molecule has 1 saturated heterocycles. The standard InChI is InChI=1S/C11H20N4/c1-2-11-10-14(7-5-12-11)8-9-15-6-3-4-13-15/h3-4,6,11-12H,2,5,7-10H2,1H3/t11-/m1/s1. The predicted molar refractivity (Wildman–Crippen MR) is 60.7 cm³/mol. The molecule has 84 valence electrons. The molecule has 2 heterocycles. The maximum absolute atomic E-state index is 4.21. The Labute approximate surface area is 91.3 Å². The fourth-order valence-electron chi connectivity index (χ4n) is 2.05. The molecular formula is C11H20N4. The van der Waals surface area contributed by atoms with Crippen molar-refractivity contribution in [3.63, 3.8) is 0 Å². The van der Waals surface area contributed by atoms with Gasteiger partial charge in [0.25, 0.3) is 0 Å². The zero-order chi connectivity index (χ0) is 10.5. The van der Waals surface area contributed by atoms with Gasteiger partial charge in [0.05, 0.1) is 6.54 Å². The quantitative estimate of drug-likeness (QED) is 0.785. The molecule has 0 bridgehead atoms. The number of hydrogen-bond donors (Lipinski definition) is 1. The van der Waals surface area contributed by atoms with E-state index in [9.17, 15) is 0 Å². The average Bonchev–Trinajstić information content (AvgIpc) is 2.79. The van der Waals surface area contributed by atoms with Gasteiger partial charge in [-0.15, -0.1) is 0 Å². The van der Waals surface area contributed by atoms with Crippen LogP contribution in [0.25, 0.3) is 0 Å². The Morgan fingerprint density at radius 2 is 2.40 bits per heavy atom. The molecule has 0 aromatic carbocycles. The molecule has 0 unspecified atom stereocenters. The van der Waals surface area contributed by atoms with Gasteiger partial charge >= 0.3 is 0 Å². The molecule has 0 amide bonds. The molecule has 0 radical (unpaired) electrons. The normalized spacial score (nSPS) is 23.1. The van der Waals surface area contributed by atoms with Crippen LogP contribution in [0.1, 0.15) is 13.3 Å². The highest BCUT2D eigenvalue weighted by Gasteiger charge is 2.16. The summed E-state index contributed by atoms with van der Waals surface area (Å²) in [6.45, 7) is 7.82. The molecule has 1 aliphatic heterocycles. The Bertz CT molecular complexity index is 270. The van der Waals surface area contributed by atoms with Gasteiger partial charge in [-0.1, -0.05) is 6.92 Å². The summed E-state index contributed by atoms with van der Waals surface area (Å²) in [5, 5.41) is 7.74. The van der Waals surface area contributed by atoms with E-state index in [1.807, 2.05) is 23.1 Å². The highest BCUT2D eigenvalue weighted by atomic mass is 15.3. The molecule has 15 heavy (non-hydrogen) atoms. The Hall–Kier alpha value is -0.870. The van der Waals surface area contributed by atoms with Gasteiger partial charge in [0.15, 0.2) is 0 Å². The van der Waals surface area contributed by atoms with Crippen LogP contribution in [-0.2, 0) is 6.54 Å². The van der Waals surface area contributed by atoms with Crippen molar-refractivity contribution in [2.75, 3.05) is 26.2 Å². The number of hydrogen-bond acceptors (Lipinski definition) is 3. The number of aromatic nitrogens is 2. The topological polar surface area (TPSA) is 33.1 Å². The summed E-state index contributed by atoms with van der Waals surface area (Å²) in [5.74, 6) is 0. The van der Waals surface area contributed by atoms with Crippen LogP contribution in [0, 0.1) is 0 Å². The second kappa shape index (κ2) is 5.28. The second-order valence-corrected chi connectivity index (χ2v) is 4.13. The van der Waals surface area contributed by atoms with Gasteiger partial charge in [-0.25, -0.2) is 0 Å². The lowest BCUT2D eigenvalue weighted by Crippen LogP contribution is -2.50. The van der Waals surface area contributed by atoms with Crippen molar-refractivity contribution < 1.29 is 0 Å². The number of piperazine rings is 1. The fraction of sp³-hybridized carbons (Fsp3) is 0.727. The average molecular weight is 208 g/mol. The van der Waals surface area contributed by atoms with E-state index < -0.39 is 0 Å². The van der Waals surface area contributed by atoms with Crippen LogP contribution in [0.15, 0.2) is 18.5 Å². The third-order valence-electron chi connectivity index (χ3n) is 3.04. The Balaban J connectivity index is 1.74. The van der Waals surface area contributed by atoms with E-state index in [1.54, 1.807) is 0 Å². The SMILES string of the molecule is CC[C@@H]1CN(CCn2cccn2)CCN1. The fourth-order valence-corrected chi connectivity index (χ4v) is 2.05. The Morgan fingerprint density at radius 1 is 1.47 bits per heavy atom. The van der Waals surface area contributed by atoms with Crippen molar-refractivity contribution >= 4 is 0 Å². The number of nitrogens with zero attached hydrogens (tertiary/aromatic N) is 3. The minimum absolute atomic E-state index is 0.677. The molecule has 4 heteroatoms. The van der Waals surface area contributed by atoms with Gasteiger partial charge in [-0.05, 0) is 12.5 Å². The molecule has 1 aromatic heterocycles. The lowest BCUT2D eigenvalue weighted by atomic mass is 10.1. The van der Waals surface area contributed by atoms with E-state index in [4.69, 9.17) is 0 Å². The largest absolute Gasteiger partial charge is 0.311 e. The first kappa shape index (κ1) is 10.6. The third kappa shape index (κ3) is 3.04. The van der Waals surface area contributed by atoms with Gasteiger partial charge in [0.1, 0.15) is 0 Å². The summed E-state index contributed by atoms with van der Waals surface area (Å²) >= 11 is 0. The van der Waals surface area contributed by atoms with E-state index in [1.165, 1.54) is 13.0 Å². The zero-order valence-electron chi connectivity index (χ0n) is 9.39. The van der Waals surface area contributed by atoms with Crippen molar-refractivity contribution in [1.82, 2.24) is 20.0 Å². The molecule has 1 aromatic rings. The first-order valence-electron chi connectivity index (χ1n) is 5.81. The van der Waals surface area contributed by atoms with Gasteiger partial charge in [-0.2, -0.15) is 5.10 Å². The minimum atomic E-state index is 0.677. The van der Waals surface area contributed by atoms with Gasteiger partial charge in [-0.3, -0.25) is 9.58 Å². The highest BCUT2D eigenvalue weighted by Crippen LogP contribution is 2.02. The smallest absolute Gasteiger partial charge is 0.0536 e. The summed E-state index contributed by atoms with van der Waals surface area (Å²) in [6, 6.07) is 2.66. The summed E-state index contributed by atoms with van der Waals surface area (Å²) in [4.78, 5) is 2.52. The van der Waals surface area contributed by atoms with Crippen molar-refractivity contribution in [3.05, 3.63) is 18.5 Å². The number of nitrogens with one attached hydrogen (secondary N) is 1. The van der Waals surface area contributed by atoms with E-state index >= 15 is 0 Å². The van der Waals surface area contributed by atoms with Crippen molar-refractivity contribution in [2.24, 2.45) is 0 Å². The van der Waals surface area contributed by atoms with E-state index in [0.717, 1.165) is 26.2 Å². The van der Waals surface area contributed by atoms with Crippen molar-refractivity contribution in [2.45, 2.75) is 25.9 Å². The van der Waals surface area contributed by atoms with Crippen LogP contribution in [0.3, 0.4) is 0 Å². The monoisotopic (exact) mass is 208 g/mol. The van der Waals surface area contributed by atoms with Gasteiger partial charge in [0.2, 0.25) is 0 Å². The Morgan fingerprint density at radius 3 is 3.13 bits per heavy atom. The maximum Gasteiger partial charge on any atom is 0.0536 e. The first-order chi connectivity index (χ1) is 7.38. The zero-order valence-corrected chi connectivity index (χ0v) is 9.39. The molecule has 2 rings (SSSR count). The van der Waals surface area contributed by atoms with E-state index in [0.29, 0.717) is 6.04 Å². The van der Waals surface area contributed by atoms with E-state index in [-0.39, 0.29) is 0 Å².